The van der Waals surface area contributed by atoms with Gasteiger partial charge in [-0.3, -0.25) is 23.5 Å². The molecule has 1 atom stereocenters. The fraction of sp³-hybridized carbons (Fsp3) is 0.417. The van der Waals surface area contributed by atoms with E-state index in [1.54, 1.807) is 39.5 Å². The number of anilines is 1. The van der Waals surface area contributed by atoms with Gasteiger partial charge in [-0.15, -0.1) is 0 Å². The standard InChI is InChI=1S/C24H25ClN6O4/c25-17-9-19-23(28-20(32)13-35-19)27-18(17)10-26-15-5-7-29(8-6-15)11-16-12-30-21(33)3-1-14-2-4-22(34)31(16)24(14)30/h1-4,9,15-16,26H,5-8,10-13H2,(H,27,28,32)/t16-/m1/s1. The summed E-state index contributed by atoms with van der Waals surface area (Å²) in [6.45, 7) is 3.49. The molecule has 6 rings (SSSR count). The molecule has 1 saturated heterocycles. The van der Waals surface area contributed by atoms with Crippen LogP contribution < -0.4 is 26.5 Å². The molecule has 0 bridgehead atoms. The second-order valence-corrected chi connectivity index (χ2v) is 9.72. The highest BCUT2D eigenvalue weighted by Crippen LogP contribution is 2.31. The monoisotopic (exact) mass is 496 g/mol. The molecule has 0 radical (unpaired) electrons. The van der Waals surface area contributed by atoms with E-state index in [1.807, 2.05) is 0 Å². The molecule has 1 amide bonds. The SMILES string of the molecule is O=C1COc2cc(Cl)c(CNC3CCN(C[C@@H]4Cn5c(=O)ccc6ccc(=O)n4c65)CC3)nc2N1. The molecule has 3 aliphatic heterocycles. The number of hydrogen-bond donors (Lipinski definition) is 2. The zero-order valence-corrected chi connectivity index (χ0v) is 19.8. The van der Waals surface area contributed by atoms with E-state index < -0.39 is 0 Å². The van der Waals surface area contributed by atoms with E-state index in [9.17, 15) is 14.4 Å². The number of likely N-dealkylation sites (tertiary alicyclic amines) is 1. The van der Waals surface area contributed by atoms with Crippen LogP contribution in [0.5, 0.6) is 5.75 Å². The summed E-state index contributed by atoms with van der Waals surface area (Å²) in [5.74, 6) is 0.657. The summed E-state index contributed by atoms with van der Waals surface area (Å²) in [7, 11) is 0. The third-order valence-electron chi connectivity index (χ3n) is 7.06. The van der Waals surface area contributed by atoms with Crippen LogP contribution in [0.2, 0.25) is 5.02 Å². The fourth-order valence-corrected chi connectivity index (χ4v) is 5.50. The van der Waals surface area contributed by atoms with E-state index in [0.717, 1.165) is 43.5 Å². The molecule has 35 heavy (non-hydrogen) atoms. The first-order valence-corrected chi connectivity index (χ1v) is 12.2. The lowest BCUT2D eigenvalue weighted by atomic mass is 10.0. The smallest absolute Gasteiger partial charge is 0.263 e. The number of nitrogens with zero attached hydrogens (tertiary/aromatic N) is 4. The van der Waals surface area contributed by atoms with Gasteiger partial charge >= 0.3 is 0 Å². The highest BCUT2D eigenvalue weighted by atomic mass is 35.5. The van der Waals surface area contributed by atoms with Crippen molar-refractivity contribution in [2.24, 2.45) is 0 Å². The van der Waals surface area contributed by atoms with Gasteiger partial charge in [-0.2, -0.15) is 0 Å². The fourth-order valence-electron chi connectivity index (χ4n) is 5.30. The number of amides is 1. The van der Waals surface area contributed by atoms with Crippen LogP contribution in [-0.2, 0) is 17.9 Å². The quantitative estimate of drug-likeness (QED) is 0.548. The number of carbonyl (C=O) groups is 1. The van der Waals surface area contributed by atoms with E-state index in [2.05, 4.69) is 20.5 Å². The molecule has 2 N–H and O–H groups in total. The largest absolute Gasteiger partial charge is 0.480 e. The highest BCUT2D eigenvalue weighted by Gasteiger charge is 2.29. The van der Waals surface area contributed by atoms with Gasteiger partial charge in [0.25, 0.3) is 17.0 Å². The van der Waals surface area contributed by atoms with Gasteiger partial charge in [0, 0.05) is 49.3 Å². The number of fused-ring (bicyclic) bond motifs is 1. The minimum atomic E-state index is -0.229. The summed E-state index contributed by atoms with van der Waals surface area (Å²) in [5.41, 5.74) is 1.26. The van der Waals surface area contributed by atoms with E-state index in [-0.39, 0.29) is 29.7 Å². The third-order valence-corrected chi connectivity index (χ3v) is 7.39. The predicted molar refractivity (Wildman–Crippen MR) is 131 cm³/mol. The molecular formula is C24H25ClN6O4. The van der Waals surface area contributed by atoms with E-state index in [0.29, 0.717) is 41.4 Å². The molecule has 1 fully saturated rings. The number of piperidine rings is 1. The van der Waals surface area contributed by atoms with Crippen molar-refractivity contribution in [1.29, 1.82) is 0 Å². The van der Waals surface area contributed by atoms with Crippen molar-refractivity contribution in [2.45, 2.75) is 38.0 Å². The maximum atomic E-state index is 12.6. The van der Waals surface area contributed by atoms with Crippen molar-refractivity contribution in [3.05, 3.63) is 61.8 Å². The lowest BCUT2D eigenvalue weighted by molar-refractivity contribution is -0.118. The Morgan fingerprint density at radius 1 is 1.11 bits per heavy atom. The van der Waals surface area contributed by atoms with Gasteiger partial charge < -0.3 is 20.3 Å². The zero-order valence-electron chi connectivity index (χ0n) is 19.0. The molecule has 182 valence electrons. The van der Waals surface area contributed by atoms with Crippen LogP contribution in [0.25, 0.3) is 11.0 Å². The molecule has 3 aromatic rings. The molecule has 3 aromatic heterocycles. The minimum Gasteiger partial charge on any atom is -0.480 e. The summed E-state index contributed by atoms with van der Waals surface area (Å²) < 4.78 is 8.87. The van der Waals surface area contributed by atoms with Gasteiger partial charge in [0.2, 0.25) is 0 Å². The number of nitrogens with one attached hydrogen (secondary N) is 2. The zero-order chi connectivity index (χ0) is 24.1. The Morgan fingerprint density at radius 3 is 2.69 bits per heavy atom. The van der Waals surface area contributed by atoms with Gasteiger partial charge in [0.15, 0.2) is 18.2 Å². The molecule has 0 aromatic carbocycles. The van der Waals surface area contributed by atoms with Gasteiger partial charge in [-0.1, -0.05) is 11.6 Å². The van der Waals surface area contributed by atoms with Crippen molar-refractivity contribution >= 4 is 34.4 Å². The van der Waals surface area contributed by atoms with Crippen molar-refractivity contribution in [2.75, 3.05) is 31.6 Å². The number of ether oxygens (including phenoxy) is 1. The van der Waals surface area contributed by atoms with Crippen molar-refractivity contribution < 1.29 is 9.53 Å². The Hall–Kier alpha value is -3.21. The summed E-state index contributed by atoms with van der Waals surface area (Å²) in [4.78, 5) is 43.4. The van der Waals surface area contributed by atoms with Crippen LogP contribution in [0.1, 0.15) is 24.6 Å². The van der Waals surface area contributed by atoms with E-state index in [4.69, 9.17) is 16.3 Å². The molecule has 6 heterocycles. The maximum absolute atomic E-state index is 12.6. The Balaban J connectivity index is 1.07. The lowest BCUT2D eigenvalue weighted by Gasteiger charge is -2.34. The normalized spacial score (nSPS) is 20.0. The first-order chi connectivity index (χ1) is 17.0. The number of aromatic nitrogens is 3. The number of carbonyl (C=O) groups excluding carboxylic acids is 1. The summed E-state index contributed by atoms with van der Waals surface area (Å²) >= 11 is 6.37. The summed E-state index contributed by atoms with van der Waals surface area (Å²) in [6.07, 6.45) is 1.89. The summed E-state index contributed by atoms with van der Waals surface area (Å²) in [6, 6.07) is 8.67. The van der Waals surface area contributed by atoms with Crippen LogP contribution in [0, 0.1) is 0 Å². The van der Waals surface area contributed by atoms with Gasteiger partial charge in [0.05, 0.1) is 16.8 Å². The third kappa shape index (κ3) is 4.11. The number of halogens is 1. The van der Waals surface area contributed by atoms with Gasteiger partial charge in [-0.25, -0.2) is 4.98 Å². The van der Waals surface area contributed by atoms with Crippen molar-refractivity contribution in [1.82, 2.24) is 24.3 Å². The van der Waals surface area contributed by atoms with Crippen LogP contribution in [0.15, 0.2) is 39.9 Å². The number of pyridine rings is 3. The topological polar surface area (TPSA) is 110 Å². The van der Waals surface area contributed by atoms with E-state index >= 15 is 0 Å². The Kier molecular flexibility index (Phi) is 5.58. The molecular weight excluding hydrogens is 472 g/mol. The Labute approximate surface area is 205 Å². The Morgan fingerprint density at radius 2 is 1.89 bits per heavy atom. The van der Waals surface area contributed by atoms with Crippen LogP contribution in [0.3, 0.4) is 0 Å². The molecule has 10 nitrogen and oxygen atoms in total. The predicted octanol–water partition coefficient (Wildman–Crippen LogP) is 1.35. The number of rotatable bonds is 5. The first kappa shape index (κ1) is 22.3. The Bertz CT molecular complexity index is 1440. The average molecular weight is 497 g/mol. The summed E-state index contributed by atoms with van der Waals surface area (Å²) in [5, 5.41) is 7.66. The average Bonchev–Trinajstić information content (AvgIpc) is 3.24. The molecule has 0 spiro atoms. The minimum absolute atomic E-state index is 0.0331. The van der Waals surface area contributed by atoms with Crippen LogP contribution >= 0.6 is 11.6 Å². The molecule has 11 heteroatoms. The molecule has 0 unspecified atom stereocenters. The first-order valence-electron chi connectivity index (χ1n) is 11.8. The number of hydrogen-bond acceptors (Lipinski definition) is 7. The van der Waals surface area contributed by atoms with Gasteiger partial charge in [-0.05, 0) is 38.1 Å². The van der Waals surface area contributed by atoms with Gasteiger partial charge in [0.1, 0.15) is 5.65 Å². The second-order valence-electron chi connectivity index (χ2n) is 9.31. The highest BCUT2D eigenvalue weighted by molar-refractivity contribution is 6.31. The molecule has 0 saturated carbocycles. The molecule has 3 aliphatic rings. The van der Waals surface area contributed by atoms with Crippen LogP contribution in [0.4, 0.5) is 5.82 Å². The van der Waals surface area contributed by atoms with Crippen molar-refractivity contribution in [3.8, 4) is 5.75 Å². The molecule has 0 aliphatic carbocycles. The second kappa shape index (κ2) is 8.78. The lowest BCUT2D eigenvalue weighted by Crippen LogP contribution is -2.44. The van der Waals surface area contributed by atoms with Crippen LogP contribution in [-0.4, -0.2) is 57.2 Å². The van der Waals surface area contributed by atoms with E-state index in [1.165, 1.54) is 0 Å². The maximum Gasteiger partial charge on any atom is 0.263 e. The van der Waals surface area contributed by atoms with Crippen molar-refractivity contribution in [3.63, 3.8) is 0 Å².